The molecule has 1 aromatic carbocycles. The van der Waals surface area contributed by atoms with E-state index in [1.54, 1.807) is 19.1 Å². The van der Waals surface area contributed by atoms with Crippen LogP contribution in [-0.2, 0) is 16.1 Å². The summed E-state index contributed by atoms with van der Waals surface area (Å²) in [6.45, 7) is 1.62. The van der Waals surface area contributed by atoms with Crippen LogP contribution in [0.5, 0.6) is 0 Å². The first-order valence-corrected chi connectivity index (χ1v) is 8.55. The minimum Gasteiger partial charge on any atom is -0.464 e. The van der Waals surface area contributed by atoms with E-state index in [4.69, 9.17) is 27.9 Å². The molecule has 1 unspecified atom stereocenters. The Bertz CT molecular complexity index is 896. The third-order valence-electron chi connectivity index (χ3n) is 4.49. The highest BCUT2D eigenvalue weighted by Gasteiger charge is 2.52. The summed E-state index contributed by atoms with van der Waals surface area (Å²) in [6, 6.07) is 4.79. The fourth-order valence-corrected chi connectivity index (χ4v) is 3.49. The second-order valence-electron chi connectivity index (χ2n) is 6.31. The van der Waals surface area contributed by atoms with Gasteiger partial charge >= 0.3 is 12.1 Å². The van der Waals surface area contributed by atoms with Gasteiger partial charge in [0.25, 0.3) is 0 Å². The molecular weight excluding hydrogens is 406 g/mol. The minimum absolute atomic E-state index is 0.0666. The molecule has 0 radical (unpaired) electrons. The van der Waals surface area contributed by atoms with Crippen LogP contribution in [0.2, 0.25) is 10.0 Å². The molecule has 0 fully saturated rings. The molecule has 10 heteroatoms. The Kier molecular flexibility index (Phi) is 4.98. The number of aliphatic imine (C=N–C) groups is 1. The Morgan fingerprint density at radius 2 is 2.07 bits per heavy atom. The van der Waals surface area contributed by atoms with Gasteiger partial charge in [0, 0.05) is 22.7 Å². The van der Waals surface area contributed by atoms with E-state index in [0.717, 1.165) is 6.20 Å². The summed E-state index contributed by atoms with van der Waals surface area (Å²) in [7, 11) is 1.17. The van der Waals surface area contributed by atoms with Crippen LogP contribution in [0.4, 0.5) is 13.2 Å². The monoisotopic (exact) mass is 419 g/mol. The molecule has 2 heterocycles. The summed E-state index contributed by atoms with van der Waals surface area (Å²) < 4.78 is 44.4. The molecule has 2 aliphatic heterocycles. The van der Waals surface area contributed by atoms with E-state index in [0.29, 0.717) is 15.6 Å². The molecule has 3 rings (SSSR count). The molecule has 27 heavy (non-hydrogen) atoms. The fourth-order valence-electron chi connectivity index (χ4n) is 3.02. The van der Waals surface area contributed by atoms with Gasteiger partial charge in [0.15, 0.2) is 5.71 Å². The van der Waals surface area contributed by atoms with Gasteiger partial charge in [-0.1, -0.05) is 29.3 Å². The molecule has 0 saturated heterocycles. The number of rotatable bonds is 3. The quantitative estimate of drug-likeness (QED) is 0.682. The molecular formula is C17H14Cl2F3N3O2. The first-order valence-electron chi connectivity index (χ1n) is 7.79. The number of alkyl halides is 3. The number of ether oxygens (including phenoxy) is 1. The van der Waals surface area contributed by atoms with Crippen molar-refractivity contribution in [2.45, 2.75) is 31.6 Å². The van der Waals surface area contributed by atoms with E-state index in [2.05, 4.69) is 10.1 Å². The number of fused-ring (bicyclic) bond motifs is 1. The highest BCUT2D eigenvalue weighted by atomic mass is 35.5. The van der Waals surface area contributed by atoms with Crippen LogP contribution in [0.1, 0.15) is 18.9 Å². The van der Waals surface area contributed by atoms with E-state index < -0.39 is 29.7 Å². The third kappa shape index (κ3) is 3.55. The molecule has 1 aromatic rings. The number of halogens is 5. The predicted molar refractivity (Wildman–Crippen MR) is 96.1 cm³/mol. The number of nitrogens with zero attached hydrogens (tertiary/aromatic N) is 3. The standard InChI is InChI=1S/C17H14Cl2F3N3O2/c1-16-6-10(17(20,21)22)7-23-14(16)13(15(26)27-2)24-25(16)8-9-3-4-11(18)5-12(9)19/h3-5,7H,6,8H2,1-2H3. The lowest BCUT2D eigenvalue weighted by molar-refractivity contribution is -0.132. The normalized spacial score (nSPS) is 22.0. The van der Waals surface area contributed by atoms with Crippen molar-refractivity contribution in [3.63, 3.8) is 0 Å². The van der Waals surface area contributed by atoms with E-state index in [-0.39, 0.29) is 18.0 Å². The molecule has 0 spiro atoms. The average molecular weight is 420 g/mol. The largest absolute Gasteiger partial charge is 0.464 e. The van der Waals surface area contributed by atoms with Crippen LogP contribution >= 0.6 is 23.2 Å². The molecule has 0 aromatic heterocycles. The number of benzene rings is 1. The summed E-state index contributed by atoms with van der Waals surface area (Å²) in [6.07, 6.45) is -4.21. The second-order valence-corrected chi connectivity index (χ2v) is 7.16. The van der Waals surface area contributed by atoms with Gasteiger partial charge in [-0.05, 0) is 24.6 Å². The Hall–Kier alpha value is -2.06. The molecule has 5 nitrogen and oxygen atoms in total. The van der Waals surface area contributed by atoms with Crippen LogP contribution in [0.15, 0.2) is 40.1 Å². The van der Waals surface area contributed by atoms with Crippen LogP contribution in [0.3, 0.4) is 0 Å². The van der Waals surface area contributed by atoms with Crippen molar-refractivity contribution in [3.8, 4) is 0 Å². The molecule has 0 bridgehead atoms. The number of hydrogen-bond acceptors (Lipinski definition) is 5. The molecule has 2 aliphatic rings. The lowest BCUT2D eigenvalue weighted by atomic mass is 9.84. The first-order chi connectivity index (χ1) is 12.6. The van der Waals surface area contributed by atoms with Crippen molar-refractivity contribution >= 4 is 40.6 Å². The average Bonchev–Trinajstić information content (AvgIpc) is 2.87. The zero-order valence-corrected chi connectivity index (χ0v) is 15.8. The Morgan fingerprint density at radius 3 is 2.67 bits per heavy atom. The zero-order chi connectivity index (χ0) is 20.0. The van der Waals surface area contributed by atoms with Gasteiger partial charge in [0.05, 0.1) is 19.2 Å². The Labute approximate surface area is 163 Å². The topological polar surface area (TPSA) is 54.3 Å². The predicted octanol–water partition coefficient (Wildman–Crippen LogP) is 4.39. The lowest BCUT2D eigenvalue weighted by Gasteiger charge is -2.37. The number of methoxy groups -OCH3 is 1. The van der Waals surface area contributed by atoms with Gasteiger partial charge in [-0.15, -0.1) is 0 Å². The Balaban J connectivity index is 2.03. The van der Waals surface area contributed by atoms with Gasteiger partial charge in [-0.3, -0.25) is 10.0 Å². The van der Waals surface area contributed by atoms with Crippen LogP contribution in [0.25, 0.3) is 0 Å². The van der Waals surface area contributed by atoms with Gasteiger partial charge in [0.1, 0.15) is 11.3 Å². The molecule has 0 aliphatic carbocycles. The highest BCUT2D eigenvalue weighted by molar-refractivity contribution is 6.68. The van der Waals surface area contributed by atoms with Crippen molar-refractivity contribution in [1.29, 1.82) is 0 Å². The van der Waals surface area contributed by atoms with E-state index in [9.17, 15) is 18.0 Å². The van der Waals surface area contributed by atoms with Crippen LogP contribution in [0, 0.1) is 0 Å². The first kappa shape index (κ1) is 19.7. The molecule has 0 N–H and O–H groups in total. The second kappa shape index (κ2) is 6.83. The number of hydrazone groups is 1. The van der Waals surface area contributed by atoms with Crippen molar-refractivity contribution < 1.29 is 22.7 Å². The van der Waals surface area contributed by atoms with E-state index in [1.807, 2.05) is 0 Å². The minimum atomic E-state index is -4.53. The number of carbonyl (C=O) groups is 1. The lowest BCUT2D eigenvalue weighted by Crippen LogP contribution is -2.49. The number of esters is 1. The van der Waals surface area contributed by atoms with Crippen molar-refractivity contribution in [2.75, 3.05) is 7.11 Å². The van der Waals surface area contributed by atoms with Crippen LogP contribution in [-0.4, -0.2) is 41.2 Å². The summed E-state index contributed by atoms with van der Waals surface area (Å²) >= 11 is 12.1. The van der Waals surface area contributed by atoms with E-state index >= 15 is 0 Å². The smallest absolute Gasteiger partial charge is 0.414 e. The maximum absolute atomic E-state index is 13.2. The van der Waals surface area contributed by atoms with Gasteiger partial charge < -0.3 is 4.74 Å². The molecule has 1 atom stereocenters. The molecule has 0 amide bonds. The summed E-state index contributed by atoms with van der Waals surface area (Å²) in [5.41, 5.74) is -1.47. The molecule has 144 valence electrons. The summed E-state index contributed by atoms with van der Waals surface area (Å²) in [4.78, 5) is 15.9. The number of hydrogen-bond donors (Lipinski definition) is 0. The fraction of sp³-hybridized carbons (Fsp3) is 0.353. The zero-order valence-electron chi connectivity index (χ0n) is 14.3. The summed E-state index contributed by atoms with van der Waals surface area (Å²) in [5.74, 6) is -0.770. The van der Waals surface area contributed by atoms with Crippen molar-refractivity contribution in [1.82, 2.24) is 5.01 Å². The number of carbonyl (C=O) groups excluding carboxylic acids is 1. The maximum atomic E-state index is 13.2. The third-order valence-corrected chi connectivity index (χ3v) is 5.07. The van der Waals surface area contributed by atoms with Gasteiger partial charge in [-0.25, -0.2) is 4.79 Å². The SMILES string of the molecule is COC(=O)C1=NN(Cc2ccc(Cl)cc2Cl)C2(C)CC(C(F)(F)F)=CN=C12. The van der Waals surface area contributed by atoms with Gasteiger partial charge in [0.2, 0.25) is 0 Å². The summed E-state index contributed by atoms with van der Waals surface area (Å²) in [5, 5.41) is 6.35. The van der Waals surface area contributed by atoms with Gasteiger partial charge in [-0.2, -0.15) is 18.3 Å². The highest BCUT2D eigenvalue weighted by Crippen LogP contribution is 2.41. The molecule has 0 saturated carbocycles. The van der Waals surface area contributed by atoms with Crippen molar-refractivity contribution in [2.24, 2.45) is 10.1 Å². The Morgan fingerprint density at radius 1 is 1.37 bits per heavy atom. The van der Waals surface area contributed by atoms with E-state index in [1.165, 1.54) is 18.2 Å². The van der Waals surface area contributed by atoms with Crippen molar-refractivity contribution in [3.05, 3.63) is 45.6 Å². The van der Waals surface area contributed by atoms with Crippen LogP contribution < -0.4 is 0 Å². The maximum Gasteiger partial charge on any atom is 0.414 e.